The lowest BCUT2D eigenvalue weighted by molar-refractivity contribution is 0.470. The summed E-state index contributed by atoms with van der Waals surface area (Å²) in [6.07, 6.45) is 3.62. The molecule has 0 spiro atoms. The van der Waals surface area contributed by atoms with Crippen LogP contribution < -0.4 is 5.32 Å². The first-order chi connectivity index (χ1) is 8.29. The summed E-state index contributed by atoms with van der Waals surface area (Å²) in [5.74, 6) is 2.09. The van der Waals surface area contributed by atoms with E-state index in [1.165, 1.54) is 0 Å². The minimum absolute atomic E-state index is 0.668. The smallest absolute Gasteiger partial charge is 0.196 e. The van der Waals surface area contributed by atoms with Gasteiger partial charge in [-0.1, -0.05) is 6.92 Å². The van der Waals surface area contributed by atoms with E-state index in [-0.39, 0.29) is 0 Å². The van der Waals surface area contributed by atoms with Gasteiger partial charge in [-0.2, -0.15) is 0 Å². The molecule has 5 heteroatoms. The van der Waals surface area contributed by atoms with Gasteiger partial charge in [-0.15, -0.1) is 0 Å². The summed E-state index contributed by atoms with van der Waals surface area (Å²) >= 11 is 3.26. The highest BCUT2D eigenvalue weighted by Crippen LogP contribution is 2.25. The lowest BCUT2D eigenvalue weighted by Gasteiger charge is -1.98. The van der Waals surface area contributed by atoms with Crippen molar-refractivity contribution in [1.29, 1.82) is 0 Å². The normalized spacial score (nSPS) is 10.9. The Kier molecular flexibility index (Phi) is 4.39. The third-order valence-electron chi connectivity index (χ3n) is 2.31. The summed E-state index contributed by atoms with van der Waals surface area (Å²) in [7, 11) is 0. The fourth-order valence-corrected chi connectivity index (χ4v) is 1.79. The van der Waals surface area contributed by atoms with Gasteiger partial charge in [0.25, 0.3) is 0 Å². The average molecular weight is 299 g/mol. The van der Waals surface area contributed by atoms with Gasteiger partial charge in [0.05, 0.1) is 6.20 Å². The Balaban J connectivity index is 1.92. The Labute approximate surface area is 109 Å². The van der Waals surface area contributed by atoms with E-state index in [4.69, 9.17) is 8.83 Å². The maximum atomic E-state index is 5.60. The van der Waals surface area contributed by atoms with Gasteiger partial charge in [0.15, 0.2) is 22.1 Å². The highest BCUT2D eigenvalue weighted by molar-refractivity contribution is 9.10. The van der Waals surface area contributed by atoms with Crippen LogP contribution in [-0.2, 0) is 6.42 Å². The van der Waals surface area contributed by atoms with Gasteiger partial charge in [-0.25, -0.2) is 4.98 Å². The zero-order valence-electron chi connectivity index (χ0n) is 9.70. The second kappa shape index (κ2) is 6.02. The fourth-order valence-electron chi connectivity index (χ4n) is 1.48. The number of oxazole rings is 1. The summed E-state index contributed by atoms with van der Waals surface area (Å²) in [5.41, 5.74) is 0. The molecule has 0 saturated carbocycles. The van der Waals surface area contributed by atoms with E-state index in [0.717, 1.165) is 31.8 Å². The number of hydrogen-bond acceptors (Lipinski definition) is 4. The van der Waals surface area contributed by atoms with Crippen LogP contribution in [0.25, 0.3) is 11.5 Å². The van der Waals surface area contributed by atoms with Gasteiger partial charge in [0.1, 0.15) is 0 Å². The van der Waals surface area contributed by atoms with Crippen molar-refractivity contribution in [1.82, 2.24) is 10.3 Å². The van der Waals surface area contributed by atoms with Gasteiger partial charge in [0, 0.05) is 13.0 Å². The summed E-state index contributed by atoms with van der Waals surface area (Å²) in [5, 5.41) is 3.31. The number of nitrogens with one attached hydrogen (secondary N) is 1. The molecule has 92 valence electrons. The molecule has 17 heavy (non-hydrogen) atoms. The van der Waals surface area contributed by atoms with E-state index in [1.54, 1.807) is 6.20 Å². The first-order valence-electron chi connectivity index (χ1n) is 5.70. The molecule has 0 amide bonds. The monoisotopic (exact) mass is 298 g/mol. The van der Waals surface area contributed by atoms with Crippen molar-refractivity contribution < 1.29 is 8.83 Å². The van der Waals surface area contributed by atoms with E-state index in [2.05, 4.69) is 33.2 Å². The molecule has 0 unspecified atom stereocenters. The Bertz CT molecular complexity index is 465. The lowest BCUT2D eigenvalue weighted by Crippen LogP contribution is -2.17. The molecule has 0 saturated heterocycles. The van der Waals surface area contributed by atoms with Gasteiger partial charge >= 0.3 is 0 Å². The summed E-state index contributed by atoms with van der Waals surface area (Å²) in [4.78, 5) is 4.22. The third kappa shape index (κ3) is 3.44. The molecule has 4 nitrogen and oxygen atoms in total. The van der Waals surface area contributed by atoms with Crippen molar-refractivity contribution >= 4 is 15.9 Å². The summed E-state index contributed by atoms with van der Waals surface area (Å²) in [6, 6.07) is 3.68. The molecule has 0 bridgehead atoms. The van der Waals surface area contributed by atoms with Crippen LogP contribution in [-0.4, -0.2) is 18.1 Å². The molecule has 0 aromatic carbocycles. The van der Waals surface area contributed by atoms with E-state index in [0.29, 0.717) is 16.2 Å². The SMILES string of the molecule is CCCNCCc1ncc(-c2ccc(Br)o2)o1. The summed E-state index contributed by atoms with van der Waals surface area (Å²) < 4.78 is 11.7. The van der Waals surface area contributed by atoms with Crippen LogP contribution >= 0.6 is 15.9 Å². The van der Waals surface area contributed by atoms with Crippen molar-refractivity contribution in [3.05, 3.63) is 28.9 Å². The Morgan fingerprint density at radius 3 is 2.82 bits per heavy atom. The first kappa shape index (κ1) is 12.4. The molecule has 0 aliphatic rings. The predicted molar refractivity (Wildman–Crippen MR) is 68.8 cm³/mol. The maximum Gasteiger partial charge on any atom is 0.196 e. The molecule has 1 N–H and O–H groups in total. The fraction of sp³-hybridized carbons (Fsp3) is 0.417. The van der Waals surface area contributed by atoms with E-state index in [1.807, 2.05) is 12.1 Å². The lowest BCUT2D eigenvalue weighted by atomic mass is 10.4. The molecule has 0 fully saturated rings. The minimum atomic E-state index is 0.668. The van der Waals surface area contributed by atoms with Gasteiger partial charge < -0.3 is 14.2 Å². The van der Waals surface area contributed by atoms with E-state index >= 15 is 0 Å². The van der Waals surface area contributed by atoms with E-state index < -0.39 is 0 Å². The van der Waals surface area contributed by atoms with Gasteiger partial charge in [-0.05, 0) is 41.0 Å². The van der Waals surface area contributed by atoms with E-state index in [9.17, 15) is 0 Å². The van der Waals surface area contributed by atoms with Crippen LogP contribution in [0.5, 0.6) is 0 Å². The number of nitrogens with zero attached hydrogens (tertiary/aromatic N) is 1. The van der Waals surface area contributed by atoms with Crippen LogP contribution in [0.1, 0.15) is 19.2 Å². The molecule has 0 aliphatic heterocycles. The molecule has 2 aromatic rings. The van der Waals surface area contributed by atoms with Crippen LogP contribution in [0.15, 0.2) is 31.8 Å². The largest absolute Gasteiger partial charge is 0.446 e. The van der Waals surface area contributed by atoms with Crippen molar-refractivity contribution in [2.45, 2.75) is 19.8 Å². The molecule has 2 aromatic heterocycles. The molecule has 2 heterocycles. The van der Waals surface area contributed by atoms with Crippen LogP contribution in [0.4, 0.5) is 0 Å². The van der Waals surface area contributed by atoms with Crippen molar-refractivity contribution in [3.8, 4) is 11.5 Å². The number of halogens is 1. The average Bonchev–Trinajstić information content (AvgIpc) is 2.93. The number of furan rings is 1. The zero-order valence-corrected chi connectivity index (χ0v) is 11.3. The Morgan fingerprint density at radius 2 is 2.12 bits per heavy atom. The molecule has 2 rings (SSSR count). The number of rotatable bonds is 6. The third-order valence-corrected chi connectivity index (χ3v) is 2.74. The maximum absolute atomic E-state index is 5.60. The first-order valence-corrected chi connectivity index (χ1v) is 6.50. The van der Waals surface area contributed by atoms with Gasteiger partial charge in [0.2, 0.25) is 0 Å². The number of hydrogen-bond donors (Lipinski definition) is 1. The van der Waals surface area contributed by atoms with Crippen LogP contribution in [0.3, 0.4) is 0 Å². The number of aromatic nitrogens is 1. The predicted octanol–water partition coefficient (Wildman–Crippen LogP) is 3.24. The van der Waals surface area contributed by atoms with Crippen molar-refractivity contribution in [2.24, 2.45) is 0 Å². The highest BCUT2D eigenvalue weighted by atomic mass is 79.9. The molecule has 0 atom stereocenters. The molecule has 0 radical (unpaired) electrons. The standard InChI is InChI=1S/C12H15BrN2O2/c1-2-6-14-7-5-12-15-8-10(17-12)9-3-4-11(13)16-9/h3-4,8,14H,2,5-7H2,1H3. The Hall–Kier alpha value is -1.07. The topological polar surface area (TPSA) is 51.2 Å². The quantitative estimate of drug-likeness (QED) is 0.832. The molecule has 0 aliphatic carbocycles. The Morgan fingerprint density at radius 1 is 1.24 bits per heavy atom. The van der Waals surface area contributed by atoms with Crippen LogP contribution in [0.2, 0.25) is 0 Å². The van der Waals surface area contributed by atoms with Crippen molar-refractivity contribution in [2.75, 3.05) is 13.1 Å². The molecular weight excluding hydrogens is 284 g/mol. The minimum Gasteiger partial charge on any atom is -0.446 e. The van der Waals surface area contributed by atoms with Crippen LogP contribution in [0, 0.1) is 0 Å². The second-order valence-electron chi connectivity index (χ2n) is 3.72. The second-order valence-corrected chi connectivity index (χ2v) is 4.50. The van der Waals surface area contributed by atoms with Crippen molar-refractivity contribution in [3.63, 3.8) is 0 Å². The zero-order chi connectivity index (χ0) is 12.1. The molecular formula is C12H15BrN2O2. The summed E-state index contributed by atoms with van der Waals surface area (Å²) in [6.45, 7) is 4.05. The highest BCUT2D eigenvalue weighted by Gasteiger charge is 2.09. The van der Waals surface area contributed by atoms with Gasteiger partial charge in [-0.3, -0.25) is 0 Å².